The molecule has 0 aliphatic heterocycles. The van der Waals surface area contributed by atoms with Crippen LogP contribution in [-0.4, -0.2) is 4.98 Å². The van der Waals surface area contributed by atoms with Crippen LogP contribution in [0.15, 0.2) is 24.3 Å². The number of nitrogens with zero attached hydrogens (tertiary/aromatic N) is 1. The maximum absolute atomic E-state index is 6.07. The highest BCUT2D eigenvalue weighted by molar-refractivity contribution is 6.43. The van der Waals surface area contributed by atoms with E-state index in [-0.39, 0.29) is 5.15 Å². The molecule has 1 aromatic heterocycles. The lowest BCUT2D eigenvalue weighted by Crippen LogP contribution is -1.97. The zero-order valence-electron chi connectivity index (χ0n) is 9.89. The lowest BCUT2D eigenvalue weighted by Gasteiger charge is -2.11. The summed E-state index contributed by atoms with van der Waals surface area (Å²) in [6, 6.07) is 7.64. The predicted octanol–water partition coefficient (Wildman–Crippen LogP) is 5.40. The molecule has 2 nitrogen and oxygen atoms in total. The Kier molecular flexibility index (Phi) is 4.00. The average molecular weight is 302 g/mol. The number of rotatable bonds is 2. The molecule has 18 heavy (non-hydrogen) atoms. The van der Waals surface area contributed by atoms with Crippen LogP contribution in [0.4, 0.5) is 11.5 Å². The zero-order chi connectivity index (χ0) is 13.3. The fourth-order valence-electron chi connectivity index (χ4n) is 1.61. The number of benzene rings is 1. The van der Waals surface area contributed by atoms with Crippen molar-refractivity contribution >= 4 is 46.3 Å². The molecule has 0 saturated carbocycles. The Morgan fingerprint density at radius 3 is 2.39 bits per heavy atom. The van der Waals surface area contributed by atoms with Gasteiger partial charge < -0.3 is 5.32 Å². The standard InChI is InChI=1S/C13H11Cl3N2/c1-7-3-4-11(8(2)5-7)17-13-10(15)6-9(14)12(16)18-13/h3-6H,1-2H3,(H,17,18). The lowest BCUT2D eigenvalue weighted by molar-refractivity contribution is 1.29. The van der Waals surface area contributed by atoms with Crippen molar-refractivity contribution in [2.75, 3.05) is 5.32 Å². The maximum atomic E-state index is 6.07. The predicted molar refractivity (Wildman–Crippen MR) is 78.5 cm³/mol. The second kappa shape index (κ2) is 5.35. The van der Waals surface area contributed by atoms with Gasteiger partial charge in [0, 0.05) is 5.69 Å². The quantitative estimate of drug-likeness (QED) is 0.751. The monoisotopic (exact) mass is 300 g/mol. The first-order valence-electron chi connectivity index (χ1n) is 5.33. The van der Waals surface area contributed by atoms with E-state index in [2.05, 4.69) is 16.4 Å². The molecular weight excluding hydrogens is 291 g/mol. The third-order valence-electron chi connectivity index (χ3n) is 2.52. The molecule has 0 fully saturated rings. The number of aromatic nitrogens is 1. The van der Waals surface area contributed by atoms with Gasteiger partial charge in [-0.2, -0.15) is 0 Å². The van der Waals surface area contributed by atoms with Gasteiger partial charge in [0.15, 0.2) is 5.82 Å². The maximum Gasteiger partial charge on any atom is 0.151 e. The second-order valence-corrected chi connectivity index (χ2v) is 5.21. The van der Waals surface area contributed by atoms with Gasteiger partial charge in [-0.15, -0.1) is 0 Å². The zero-order valence-corrected chi connectivity index (χ0v) is 12.2. The fraction of sp³-hybridized carbons (Fsp3) is 0.154. The number of anilines is 2. The Morgan fingerprint density at radius 1 is 1.00 bits per heavy atom. The molecule has 94 valence electrons. The van der Waals surface area contributed by atoms with Crippen molar-refractivity contribution in [1.29, 1.82) is 0 Å². The first-order chi connectivity index (χ1) is 8.47. The molecule has 1 N–H and O–H groups in total. The number of aryl methyl sites for hydroxylation is 2. The van der Waals surface area contributed by atoms with Crippen LogP contribution in [0.1, 0.15) is 11.1 Å². The van der Waals surface area contributed by atoms with Crippen molar-refractivity contribution in [3.63, 3.8) is 0 Å². The van der Waals surface area contributed by atoms with E-state index in [0.717, 1.165) is 11.3 Å². The molecule has 1 heterocycles. The van der Waals surface area contributed by atoms with Gasteiger partial charge in [0.25, 0.3) is 0 Å². The van der Waals surface area contributed by atoms with Gasteiger partial charge in [0.1, 0.15) is 5.15 Å². The molecule has 0 atom stereocenters. The molecule has 5 heteroatoms. The van der Waals surface area contributed by atoms with Gasteiger partial charge in [-0.3, -0.25) is 0 Å². The molecule has 0 amide bonds. The first-order valence-corrected chi connectivity index (χ1v) is 6.46. The van der Waals surface area contributed by atoms with Gasteiger partial charge in [0.05, 0.1) is 10.0 Å². The van der Waals surface area contributed by atoms with Crippen LogP contribution in [0.25, 0.3) is 0 Å². The van der Waals surface area contributed by atoms with Crippen LogP contribution in [0.5, 0.6) is 0 Å². The summed E-state index contributed by atoms with van der Waals surface area (Å²) in [7, 11) is 0. The Morgan fingerprint density at radius 2 is 1.72 bits per heavy atom. The van der Waals surface area contributed by atoms with Crippen molar-refractivity contribution < 1.29 is 0 Å². The van der Waals surface area contributed by atoms with Gasteiger partial charge in [0.2, 0.25) is 0 Å². The summed E-state index contributed by atoms with van der Waals surface area (Å²) in [5.74, 6) is 0.498. The van der Waals surface area contributed by atoms with E-state index >= 15 is 0 Å². The van der Waals surface area contributed by atoms with Crippen LogP contribution < -0.4 is 5.32 Å². The van der Waals surface area contributed by atoms with Crippen LogP contribution in [-0.2, 0) is 0 Å². The van der Waals surface area contributed by atoms with Gasteiger partial charge in [-0.1, -0.05) is 52.5 Å². The summed E-state index contributed by atoms with van der Waals surface area (Å²) in [4.78, 5) is 4.12. The summed E-state index contributed by atoms with van der Waals surface area (Å²) in [6.07, 6.45) is 0. The molecule has 0 radical (unpaired) electrons. The minimum absolute atomic E-state index is 0.230. The van der Waals surface area contributed by atoms with Crippen LogP contribution >= 0.6 is 34.8 Å². The number of hydrogen-bond acceptors (Lipinski definition) is 2. The molecule has 0 saturated heterocycles. The molecule has 0 aliphatic carbocycles. The smallest absolute Gasteiger partial charge is 0.151 e. The molecular formula is C13H11Cl3N2. The molecule has 0 bridgehead atoms. The van der Waals surface area contributed by atoms with Crippen molar-refractivity contribution in [2.24, 2.45) is 0 Å². The summed E-state index contributed by atoms with van der Waals surface area (Å²) >= 11 is 17.8. The number of nitrogens with one attached hydrogen (secondary N) is 1. The van der Waals surface area contributed by atoms with Crippen LogP contribution in [0, 0.1) is 13.8 Å². The van der Waals surface area contributed by atoms with E-state index in [4.69, 9.17) is 34.8 Å². The molecule has 1 aromatic carbocycles. The largest absolute Gasteiger partial charge is 0.339 e. The minimum Gasteiger partial charge on any atom is -0.339 e. The third-order valence-corrected chi connectivity index (χ3v) is 3.48. The minimum atomic E-state index is 0.230. The second-order valence-electron chi connectivity index (χ2n) is 4.03. The summed E-state index contributed by atoms with van der Waals surface area (Å²) < 4.78 is 0. The lowest BCUT2D eigenvalue weighted by atomic mass is 10.1. The van der Waals surface area contributed by atoms with E-state index in [9.17, 15) is 0 Å². The summed E-state index contributed by atoms with van der Waals surface area (Å²) in [6.45, 7) is 4.06. The highest BCUT2D eigenvalue weighted by Crippen LogP contribution is 2.31. The average Bonchev–Trinajstić information content (AvgIpc) is 2.29. The number of hydrogen-bond donors (Lipinski definition) is 1. The van der Waals surface area contributed by atoms with E-state index in [0.29, 0.717) is 15.9 Å². The van der Waals surface area contributed by atoms with E-state index < -0.39 is 0 Å². The van der Waals surface area contributed by atoms with Crippen LogP contribution in [0.3, 0.4) is 0 Å². The Balaban J connectivity index is 2.37. The van der Waals surface area contributed by atoms with Crippen molar-refractivity contribution in [3.05, 3.63) is 50.6 Å². The Bertz CT molecular complexity index is 597. The topological polar surface area (TPSA) is 24.9 Å². The SMILES string of the molecule is Cc1ccc(Nc2nc(Cl)c(Cl)cc2Cl)c(C)c1. The van der Waals surface area contributed by atoms with Gasteiger partial charge in [-0.25, -0.2) is 4.98 Å². The summed E-state index contributed by atoms with van der Waals surface area (Å²) in [5, 5.41) is 4.15. The van der Waals surface area contributed by atoms with Crippen molar-refractivity contribution in [2.45, 2.75) is 13.8 Å². The number of pyridine rings is 1. The molecule has 0 unspecified atom stereocenters. The van der Waals surface area contributed by atoms with E-state index in [1.165, 1.54) is 5.56 Å². The van der Waals surface area contributed by atoms with Gasteiger partial charge >= 0.3 is 0 Å². The summed E-state index contributed by atoms with van der Waals surface area (Å²) in [5.41, 5.74) is 3.25. The van der Waals surface area contributed by atoms with E-state index in [1.807, 2.05) is 26.0 Å². The molecule has 0 spiro atoms. The Labute approximate surface area is 121 Å². The third kappa shape index (κ3) is 2.89. The van der Waals surface area contributed by atoms with E-state index in [1.54, 1.807) is 6.07 Å². The molecule has 2 rings (SSSR count). The molecule has 0 aliphatic rings. The highest BCUT2D eigenvalue weighted by atomic mass is 35.5. The van der Waals surface area contributed by atoms with Gasteiger partial charge in [-0.05, 0) is 31.5 Å². The molecule has 2 aromatic rings. The first kappa shape index (κ1) is 13.5. The van der Waals surface area contributed by atoms with Crippen molar-refractivity contribution in [1.82, 2.24) is 4.98 Å². The Hall–Kier alpha value is -0.960. The number of halogens is 3. The normalized spacial score (nSPS) is 10.5. The fourth-order valence-corrected chi connectivity index (χ4v) is 2.16. The van der Waals surface area contributed by atoms with Crippen molar-refractivity contribution in [3.8, 4) is 0 Å². The highest BCUT2D eigenvalue weighted by Gasteiger charge is 2.09. The van der Waals surface area contributed by atoms with Crippen LogP contribution in [0.2, 0.25) is 15.2 Å².